The molecule has 0 radical (unpaired) electrons. The van der Waals surface area contributed by atoms with E-state index in [2.05, 4.69) is 16.3 Å². The predicted molar refractivity (Wildman–Crippen MR) is 112 cm³/mol. The lowest BCUT2D eigenvalue weighted by Gasteiger charge is -2.24. The molecule has 7 nitrogen and oxygen atoms in total. The molecule has 152 valence electrons. The van der Waals surface area contributed by atoms with Crippen molar-refractivity contribution < 1.29 is 14.2 Å². The zero-order valence-corrected chi connectivity index (χ0v) is 17.2. The second-order valence-corrected chi connectivity index (χ2v) is 7.03. The lowest BCUT2D eigenvalue weighted by molar-refractivity contribution is 0.311. The van der Waals surface area contributed by atoms with E-state index in [1.807, 2.05) is 43.3 Å². The first-order valence-corrected chi connectivity index (χ1v) is 9.67. The number of fused-ring (bicyclic) bond motifs is 1. The number of allylic oxidation sites excluding steroid dienone is 1. The fourth-order valence-electron chi connectivity index (χ4n) is 3.58. The second-order valence-electron chi connectivity index (χ2n) is 6.60. The number of aromatic amines is 1. The van der Waals surface area contributed by atoms with Gasteiger partial charge in [-0.2, -0.15) is 5.26 Å². The van der Waals surface area contributed by atoms with Crippen molar-refractivity contribution >= 4 is 11.6 Å². The zero-order chi connectivity index (χ0) is 21.3. The Bertz CT molecular complexity index is 1180. The van der Waals surface area contributed by atoms with E-state index in [0.717, 1.165) is 11.1 Å². The van der Waals surface area contributed by atoms with Crippen LogP contribution in [0.3, 0.4) is 0 Å². The molecule has 0 amide bonds. The number of benzene rings is 2. The smallest absolute Gasteiger partial charge is 0.244 e. The van der Waals surface area contributed by atoms with Crippen molar-refractivity contribution in [2.24, 2.45) is 5.73 Å². The van der Waals surface area contributed by atoms with Gasteiger partial charge in [-0.25, -0.2) is 0 Å². The molecule has 30 heavy (non-hydrogen) atoms. The molecule has 8 heteroatoms. The molecule has 0 bridgehead atoms. The molecule has 4 rings (SSSR count). The number of halogens is 1. The van der Waals surface area contributed by atoms with Gasteiger partial charge in [0.15, 0.2) is 11.5 Å². The van der Waals surface area contributed by atoms with Crippen LogP contribution in [0, 0.1) is 11.3 Å². The number of nitrogens with two attached hydrogens (primary N) is 1. The van der Waals surface area contributed by atoms with Crippen molar-refractivity contribution in [3.8, 4) is 34.7 Å². The summed E-state index contributed by atoms with van der Waals surface area (Å²) in [5.41, 5.74) is 9.33. The number of nitriles is 1. The third-order valence-electron chi connectivity index (χ3n) is 4.87. The summed E-state index contributed by atoms with van der Waals surface area (Å²) in [6, 6.07) is 15.1. The van der Waals surface area contributed by atoms with Crippen molar-refractivity contribution in [3.63, 3.8) is 0 Å². The van der Waals surface area contributed by atoms with Gasteiger partial charge in [0.05, 0.1) is 30.9 Å². The average molecular weight is 423 g/mol. The van der Waals surface area contributed by atoms with Crippen LogP contribution >= 0.6 is 11.6 Å². The minimum absolute atomic E-state index is 0.0253. The number of aromatic nitrogens is 2. The zero-order valence-electron chi connectivity index (χ0n) is 16.4. The fraction of sp³-hybridized carbons (Fsp3) is 0.182. The fourth-order valence-corrected chi connectivity index (χ4v) is 3.78. The summed E-state index contributed by atoms with van der Waals surface area (Å²) in [6.07, 6.45) is 0. The van der Waals surface area contributed by atoms with E-state index >= 15 is 0 Å². The molecular weight excluding hydrogens is 404 g/mol. The molecule has 2 heterocycles. The summed E-state index contributed by atoms with van der Waals surface area (Å²) >= 11 is 6.22. The van der Waals surface area contributed by atoms with E-state index in [9.17, 15) is 5.26 Å². The lowest BCUT2D eigenvalue weighted by Crippen LogP contribution is -2.21. The molecule has 0 aliphatic carbocycles. The van der Waals surface area contributed by atoms with Crippen LogP contribution in [0.15, 0.2) is 53.9 Å². The Hall–Kier alpha value is -3.63. The topological polar surface area (TPSA) is 106 Å². The normalized spacial score (nSPS) is 15.2. The minimum Gasteiger partial charge on any atom is -0.493 e. The Morgan fingerprint density at radius 2 is 2.10 bits per heavy atom. The number of methoxy groups -OCH3 is 1. The SMILES string of the molecule is CCOc1ccc(-c2[nH]nc3c2C(c2cccc(Cl)c2)C(C#N)=C(N)O3)cc1OC. The van der Waals surface area contributed by atoms with Crippen LogP contribution in [0.4, 0.5) is 0 Å². The summed E-state index contributed by atoms with van der Waals surface area (Å²) in [5, 5.41) is 17.7. The van der Waals surface area contributed by atoms with Crippen molar-refractivity contribution in [3.05, 3.63) is 70.1 Å². The number of hydrogen-bond acceptors (Lipinski definition) is 6. The number of H-pyrrole nitrogens is 1. The monoisotopic (exact) mass is 422 g/mol. The molecule has 1 aliphatic rings. The molecule has 2 aromatic carbocycles. The molecule has 0 saturated heterocycles. The van der Waals surface area contributed by atoms with Gasteiger partial charge in [0.1, 0.15) is 11.6 Å². The highest BCUT2D eigenvalue weighted by molar-refractivity contribution is 6.30. The Kier molecular flexibility index (Phi) is 5.25. The quantitative estimate of drug-likeness (QED) is 0.632. The van der Waals surface area contributed by atoms with Crippen molar-refractivity contribution in [1.82, 2.24) is 10.2 Å². The van der Waals surface area contributed by atoms with E-state index in [4.69, 9.17) is 31.5 Å². The van der Waals surface area contributed by atoms with Gasteiger partial charge in [0.25, 0.3) is 0 Å². The van der Waals surface area contributed by atoms with Crippen molar-refractivity contribution in [2.75, 3.05) is 13.7 Å². The third-order valence-corrected chi connectivity index (χ3v) is 5.11. The van der Waals surface area contributed by atoms with Crippen LogP contribution in [-0.2, 0) is 0 Å². The number of nitrogens with one attached hydrogen (secondary N) is 1. The molecule has 0 spiro atoms. The van der Waals surface area contributed by atoms with Gasteiger partial charge in [-0.1, -0.05) is 23.7 Å². The Morgan fingerprint density at radius 3 is 2.80 bits per heavy atom. The Morgan fingerprint density at radius 1 is 1.27 bits per heavy atom. The summed E-state index contributed by atoms with van der Waals surface area (Å²) < 4.78 is 16.7. The van der Waals surface area contributed by atoms with Crippen LogP contribution in [0.5, 0.6) is 17.4 Å². The van der Waals surface area contributed by atoms with Crippen LogP contribution in [0.2, 0.25) is 5.02 Å². The van der Waals surface area contributed by atoms with Crippen LogP contribution in [0.1, 0.15) is 24.0 Å². The first-order valence-electron chi connectivity index (χ1n) is 9.29. The van der Waals surface area contributed by atoms with E-state index in [-0.39, 0.29) is 5.88 Å². The third kappa shape index (κ3) is 3.31. The molecule has 1 aromatic heterocycles. The maximum Gasteiger partial charge on any atom is 0.244 e. The highest BCUT2D eigenvalue weighted by Gasteiger charge is 2.35. The van der Waals surface area contributed by atoms with Crippen LogP contribution in [-0.4, -0.2) is 23.9 Å². The minimum atomic E-state index is -0.483. The largest absolute Gasteiger partial charge is 0.493 e. The maximum atomic E-state index is 9.80. The molecular formula is C22H19ClN4O3. The number of nitrogens with zero attached hydrogens (tertiary/aromatic N) is 2. The van der Waals surface area contributed by atoms with E-state index in [1.54, 1.807) is 13.2 Å². The Balaban J connectivity index is 1.90. The van der Waals surface area contributed by atoms with Gasteiger partial charge in [-0.3, -0.25) is 5.10 Å². The molecule has 3 aromatic rings. The summed E-state index contributed by atoms with van der Waals surface area (Å²) in [4.78, 5) is 0. The summed E-state index contributed by atoms with van der Waals surface area (Å²) in [6.45, 7) is 2.43. The molecule has 3 N–H and O–H groups in total. The molecule has 1 unspecified atom stereocenters. The Labute approximate surface area is 178 Å². The van der Waals surface area contributed by atoms with Gasteiger partial charge in [-0.05, 0) is 42.8 Å². The lowest BCUT2D eigenvalue weighted by atomic mass is 9.83. The molecule has 0 fully saturated rings. The van der Waals surface area contributed by atoms with Crippen molar-refractivity contribution in [1.29, 1.82) is 5.26 Å². The first-order chi connectivity index (χ1) is 14.6. The van der Waals surface area contributed by atoms with E-state index in [0.29, 0.717) is 45.8 Å². The van der Waals surface area contributed by atoms with Crippen molar-refractivity contribution in [2.45, 2.75) is 12.8 Å². The molecule has 1 aliphatic heterocycles. The number of rotatable bonds is 5. The molecule has 0 saturated carbocycles. The molecule has 1 atom stereocenters. The van der Waals surface area contributed by atoms with Gasteiger partial charge >= 0.3 is 0 Å². The number of ether oxygens (including phenoxy) is 3. The number of hydrogen-bond donors (Lipinski definition) is 2. The standard InChI is InChI=1S/C22H19ClN4O3/c1-3-29-16-8-7-13(10-17(16)28-2)20-19-18(12-5-4-6-14(23)9-12)15(11-24)21(25)30-22(19)27-26-20/h4-10,18H,3,25H2,1-2H3,(H,26,27). The average Bonchev–Trinajstić information content (AvgIpc) is 3.16. The van der Waals surface area contributed by atoms with Gasteiger partial charge in [0, 0.05) is 10.6 Å². The van der Waals surface area contributed by atoms with Crippen LogP contribution in [0.25, 0.3) is 11.3 Å². The van der Waals surface area contributed by atoms with Gasteiger partial charge < -0.3 is 19.9 Å². The highest BCUT2D eigenvalue weighted by atomic mass is 35.5. The second kappa shape index (κ2) is 8.01. The van der Waals surface area contributed by atoms with Gasteiger partial charge in [-0.15, -0.1) is 5.10 Å². The van der Waals surface area contributed by atoms with Gasteiger partial charge in [0.2, 0.25) is 11.8 Å². The van der Waals surface area contributed by atoms with Crippen LogP contribution < -0.4 is 19.9 Å². The van der Waals surface area contributed by atoms with E-state index in [1.165, 1.54) is 0 Å². The predicted octanol–water partition coefficient (Wildman–Crippen LogP) is 4.36. The summed E-state index contributed by atoms with van der Waals surface area (Å²) in [5.74, 6) is 1.09. The van der Waals surface area contributed by atoms with E-state index < -0.39 is 5.92 Å². The highest BCUT2D eigenvalue weighted by Crippen LogP contribution is 2.46. The summed E-state index contributed by atoms with van der Waals surface area (Å²) in [7, 11) is 1.58. The first kappa shape index (κ1) is 19.7. The maximum absolute atomic E-state index is 9.80.